The molecule has 1 aromatic carbocycles. The molecule has 0 spiro atoms. The van der Waals surface area contributed by atoms with Gasteiger partial charge in [0.1, 0.15) is 0 Å². The lowest BCUT2D eigenvalue weighted by atomic mass is 9.68. The minimum atomic E-state index is -0.447. The Morgan fingerprint density at radius 1 is 1.22 bits per heavy atom. The molecule has 0 saturated carbocycles. The predicted molar refractivity (Wildman–Crippen MR) is 141 cm³/mol. The maximum absolute atomic E-state index is 12.3. The summed E-state index contributed by atoms with van der Waals surface area (Å²) in [4.78, 5) is 19.7. The molecule has 1 aliphatic carbocycles. The molecule has 0 radical (unpaired) electrons. The van der Waals surface area contributed by atoms with Crippen LogP contribution in [0.3, 0.4) is 0 Å². The quantitative estimate of drug-likeness (QED) is 0.491. The number of rotatable bonds is 7. The number of aromatic amines is 1. The standard InChI is InChI=1S/C26H29N7O2S/c1-19-16-23(34)33(18-27-19)17-20-5-7-21(8-6-20)22-4-2-3-10-26(22,25-28-30-31-29-25)11-9-24(36)32-12-14-35-15-13-32/h2-8,16,18H,9-15,17H2,1H3,(H,28,29,30,31). The Morgan fingerprint density at radius 3 is 2.75 bits per heavy atom. The number of nitrogens with one attached hydrogen (secondary N) is 1. The fourth-order valence-electron chi connectivity index (χ4n) is 4.91. The largest absolute Gasteiger partial charge is 0.378 e. The molecule has 1 unspecified atom stereocenters. The van der Waals surface area contributed by atoms with Crippen molar-refractivity contribution in [3.05, 3.63) is 87.9 Å². The highest BCUT2D eigenvalue weighted by atomic mass is 32.1. The first-order valence-electron chi connectivity index (χ1n) is 12.1. The van der Waals surface area contributed by atoms with Crippen LogP contribution in [0.4, 0.5) is 0 Å². The molecule has 2 aromatic heterocycles. The molecule has 186 valence electrons. The molecule has 36 heavy (non-hydrogen) atoms. The highest BCUT2D eigenvalue weighted by Gasteiger charge is 2.41. The van der Waals surface area contributed by atoms with Crippen molar-refractivity contribution >= 4 is 22.8 Å². The van der Waals surface area contributed by atoms with Gasteiger partial charge in [0, 0.05) is 24.8 Å². The molecule has 1 fully saturated rings. The number of hydrogen-bond donors (Lipinski definition) is 1. The number of thiocarbonyl (C=S) groups is 1. The second-order valence-corrected chi connectivity index (χ2v) is 9.69. The van der Waals surface area contributed by atoms with Gasteiger partial charge in [-0.3, -0.25) is 9.36 Å². The van der Waals surface area contributed by atoms with E-state index in [1.807, 2.05) is 6.92 Å². The first kappa shape index (κ1) is 24.2. The van der Waals surface area contributed by atoms with Crippen LogP contribution in [0.25, 0.3) is 5.57 Å². The zero-order chi connectivity index (χ0) is 25.0. The lowest BCUT2D eigenvalue weighted by molar-refractivity contribution is 0.0681. The highest BCUT2D eigenvalue weighted by molar-refractivity contribution is 7.80. The van der Waals surface area contributed by atoms with E-state index in [-0.39, 0.29) is 5.56 Å². The van der Waals surface area contributed by atoms with E-state index in [1.54, 1.807) is 17.0 Å². The third-order valence-electron chi connectivity index (χ3n) is 6.92. The number of tetrazole rings is 1. The number of aromatic nitrogens is 6. The summed E-state index contributed by atoms with van der Waals surface area (Å²) in [5.74, 6) is 0.671. The topological polar surface area (TPSA) is 102 Å². The van der Waals surface area contributed by atoms with Crippen LogP contribution >= 0.6 is 12.2 Å². The van der Waals surface area contributed by atoms with Crippen LogP contribution in [0.1, 0.15) is 41.9 Å². The van der Waals surface area contributed by atoms with Gasteiger partial charge in [-0.1, -0.05) is 59.9 Å². The van der Waals surface area contributed by atoms with Gasteiger partial charge in [0.15, 0.2) is 5.82 Å². The Bertz CT molecular complexity index is 1330. The van der Waals surface area contributed by atoms with E-state index in [2.05, 4.69) is 73.0 Å². The number of morpholine rings is 1. The summed E-state index contributed by atoms with van der Waals surface area (Å²) in [5.41, 5.74) is 3.46. The Morgan fingerprint density at radius 2 is 2.03 bits per heavy atom. The maximum atomic E-state index is 12.3. The number of nitrogens with zero attached hydrogens (tertiary/aromatic N) is 6. The molecule has 1 N–H and O–H groups in total. The monoisotopic (exact) mass is 503 g/mol. The summed E-state index contributed by atoms with van der Waals surface area (Å²) in [5, 5.41) is 15.4. The summed E-state index contributed by atoms with van der Waals surface area (Å²) in [7, 11) is 0. The van der Waals surface area contributed by atoms with Gasteiger partial charge in [0.05, 0.1) is 36.5 Å². The molecule has 1 atom stereocenters. The number of hydrogen-bond acceptors (Lipinski definition) is 7. The number of benzene rings is 1. The van der Waals surface area contributed by atoms with Crippen LogP contribution in [0.2, 0.25) is 0 Å². The van der Waals surface area contributed by atoms with Gasteiger partial charge in [-0.2, -0.15) is 5.21 Å². The minimum Gasteiger partial charge on any atom is -0.378 e. The fraction of sp³-hybridized carbons (Fsp3) is 0.385. The van der Waals surface area contributed by atoms with Gasteiger partial charge in [0.25, 0.3) is 5.56 Å². The van der Waals surface area contributed by atoms with E-state index in [0.717, 1.165) is 59.7 Å². The van der Waals surface area contributed by atoms with Crippen molar-refractivity contribution in [2.45, 2.75) is 38.1 Å². The molecule has 3 heterocycles. The zero-order valence-corrected chi connectivity index (χ0v) is 21.1. The summed E-state index contributed by atoms with van der Waals surface area (Å²) >= 11 is 5.81. The Labute approximate surface area is 214 Å². The molecule has 3 aromatic rings. The molecule has 5 rings (SSSR count). The lowest BCUT2D eigenvalue weighted by Crippen LogP contribution is -2.41. The van der Waals surface area contributed by atoms with E-state index in [0.29, 0.717) is 25.6 Å². The van der Waals surface area contributed by atoms with E-state index in [1.165, 1.54) is 0 Å². The van der Waals surface area contributed by atoms with Crippen LogP contribution < -0.4 is 5.56 Å². The predicted octanol–water partition coefficient (Wildman–Crippen LogP) is 2.83. The minimum absolute atomic E-state index is 0.0564. The van der Waals surface area contributed by atoms with Crippen molar-refractivity contribution in [1.29, 1.82) is 0 Å². The summed E-state index contributed by atoms with van der Waals surface area (Å²) < 4.78 is 7.09. The number of H-pyrrole nitrogens is 1. The van der Waals surface area contributed by atoms with Crippen molar-refractivity contribution in [3.8, 4) is 0 Å². The number of aryl methyl sites for hydroxylation is 1. The van der Waals surface area contributed by atoms with Crippen molar-refractivity contribution < 1.29 is 4.74 Å². The fourth-order valence-corrected chi connectivity index (χ4v) is 5.20. The van der Waals surface area contributed by atoms with Crippen molar-refractivity contribution in [2.24, 2.45) is 0 Å². The first-order chi connectivity index (χ1) is 17.5. The third kappa shape index (κ3) is 5.05. The summed E-state index contributed by atoms with van der Waals surface area (Å²) in [6.07, 6.45) is 10.2. The van der Waals surface area contributed by atoms with Gasteiger partial charge in [-0.15, -0.1) is 10.2 Å². The zero-order valence-electron chi connectivity index (χ0n) is 20.3. The molecule has 0 bridgehead atoms. The molecular formula is C26H29N7O2S. The molecule has 10 heteroatoms. The first-order valence-corrected chi connectivity index (χ1v) is 12.6. The normalized spacial score (nSPS) is 19.8. The molecule has 1 aliphatic heterocycles. The van der Waals surface area contributed by atoms with Gasteiger partial charge in [-0.05, 0) is 42.9 Å². The average molecular weight is 504 g/mol. The lowest BCUT2D eigenvalue weighted by Gasteiger charge is -2.36. The molecule has 9 nitrogen and oxygen atoms in total. The smallest absolute Gasteiger partial charge is 0.253 e. The van der Waals surface area contributed by atoms with Crippen LogP contribution in [0, 0.1) is 6.92 Å². The van der Waals surface area contributed by atoms with Crippen LogP contribution in [-0.2, 0) is 16.7 Å². The Hall–Kier alpha value is -3.50. The Kier molecular flexibility index (Phi) is 7.15. The third-order valence-corrected chi connectivity index (χ3v) is 7.38. The number of ether oxygens (including phenoxy) is 1. The van der Waals surface area contributed by atoms with Crippen LogP contribution in [0.5, 0.6) is 0 Å². The van der Waals surface area contributed by atoms with Gasteiger partial charge in [-0.25, -0.2) is 4.98 Å². The van der Waals surface area contributed by atoms with Gasteiger partial charge >= 0.3 is 0 Å². The van der Waals surface area contributed by atoms with Crippen molar-refractivity contribution in [1.82, 2.24) is 35.1 Å². The average Bonchev–Trinajstić information content (AvgIpc) is 3.46. The summed E-state index contributed by atoms with van der Waals surface area (Å²) in [6, 6.07) is 9.86. The second-order valence-electron chi connectivity index (χ2n) is 9.22. The van der Waals surface area contributed by atoms with Gasteiger partial charge in [0.2, 0.25) is 0 Å². The van der Waals surface area contributed by atoms with E-state index >= 15 is 0 Å². The molecular weight excluding hydrogens is 474 g/mol. The maximum Gasteiger partial charge on any atom is 0.253 e. The van der Waals surface area contributed by atoms with Crippen LogP contribution in [0.15, 0.2) is 59.7 Å². The Balaban J connectivity index is 1.40. The van der Waals surface area contributed by atoms with Gasteiger partial charge < -0.3 is 9.64 Å². The number of allylic oxidation sites excluding steroid dienone is 4. The summed E-state index contributed by atoms with van der Waals surface area (Å²) in [6.45, 7) is 5.36. The molecule has 2 aliphatic rings. The van der Waals surface area contributed by atoms with E-state index < -0.39 is 5.41 Å². The van der Waals surface area contributed by atoms with Crippen LogP contribution in [-0.4, -0.2) is 66.4 Å². The second kappa shape index (κ2) is 10.6. The van der Waals surface area contributed by atoms with Crippen molar-refractivity contribution in [3.63, 3.8) is 0 Å². The highest BCUT2D eigenvalue weighted by Crippen LogP contribution is 2.45. The SMILES string of the molecule is Cc1cc(=O)n(Cc2ccc(C3=CC=CCC3(CCC(=S)N3CCOCC3)c3nn[nH]n3)cc2)cn1. The van der Waals surface area contributed by atoms with E-state index in [4.69, 9.17) is 17.0 Å². The van der Waals surface area contributed by atoms with E-state index in [9.17, 15) is 4.79 Å². The molecule has 0 amide bonds. The van der Waals surface area contributed by atoms with Crippen molar-refractivity contribution in [2.75, 3.05) is 26.3 Å². The molecule has 1 saturated heterocycles.